The van der Waals surface area contributed by atoms with Gasteiger partial charge in [-0.15, -0.1) is 6.58 Å². The topological polar surface area (TPSA) is 51.2 Å². The van der Waals surface area contributed by atoms with E-state index in [-0.39, 0.29) is 11.1 Å². The smallest absolute Gasteiger partial charge is 0.251 e. The van der Waals surface area contributed by atoms with Gasteiger partial charge in [0.25, 0.3) is 5.91 Å². The Hall–Kier alpha value is -1.55. The van der Waals surface area contributed by atoms with Gasteiger partial charge in [-0.3, -0.25) is 4.79 Å². The predicted molar refractivity (Wildman–Crippen MR) is 58.3 cm³/mol. The molecule has 0 saturated carbocycles. The molecular formula is C10H11ClN2O2. The second-order valence-corrected chi connectivity index (χ2v) is 3.11. The Bertz CT molecular complexity index is 380. The van der Waals surface area contributed by atoms with Crippen molar-refractivity contribution in [1.82, 2.24) is 10.3 Å². The first-order valence-corrected chi connectivity index (χ1v) is 4.66. The number of pyridine rings is 1. The number of hydrogen-bond acceptors (Lipinski definition) is 3. The van der Waals surface area contributed by atoms with Gasteiger partial charge in [-0.1, -0.05) is 17.7 Å². The van der Waals surface area contributed by atoms with Crippen LogP contribution in [-0.4, -0.2) is 24.5 Å². The van der Waals surface area contributed by atoms with Gasteiger partial charge in [0.05, 0.1) is 7.11 Å². The number of carbonyl (C=O) groups is 1. The van der Waals surface area contributed by atoms with Gasteiger partial charge in [-0.05, 0) is 6.07 Å². The van der Waals surface area contributed by atoms with Crippen molar-refractivity contribution < 1.29 is 9.53 Å². The first kappa shape index (κ1) is 11.5. The SMILES string of the molecule is C=CCNC(=O)c1cc(Cl)nc(OC)c1. The van der Waals surface area contributed by atoms with E-state index in [0.717, 1.165) is 0 Å². The minimum Gasteiger partial charge on any atom is -0.481 e. The van der Waals surface area contributed by atoms with E-state index in [1.54, 1.807) is 6.08 Å². The highest BCUT2D eigenvalue weighted by molar-refractivity contribution is 6.29. The Morgan fingerprint density at radius 2 is 2.47 bits per heavy atom. The second-order valence-electron chi connectivity index (χ2n) is 2.72. The standard InChI is InChI=1S/C10H11ClN2O2/c1-3-4-12-10(14)7-5-8(11)13-9(6-7)15-2/h3,5-6H,1,4H2,2H3,(H,12,14). The molecule has 0 spiro atoms. The highest BCUT2D eigenvalue weighted by Crippen LogP contribution is 2.15. The highest BCUT2D eigenvalue weighted by Gasteiger charge is 2.08. The third-order valence-corrected chi connectivity index (χ3v) is 1.84. The molecule has 0 bridgehead atoms. The zero-order chi connectivity index (χ0) is 11.3. The maximum atomic E-state index is 11.5. The van der Waals surface area contributed by atoms with Crippen LogP contribution in [0.15, 0.2) is 24.8 Å². The normalized spacial score (nSPS) is 9.47. The molecule has 0 fully saturated rings. The fraction of sp³-hybridized carbons (Fsp3) is 0.200. The molecule has 0 radical (unpaired) electrons. The van der Waals surface area contributed by atoms with Crippen LogP contribution in [0.3, 0.4) is 0 Å². The van der Waals surface area contributed by atoms with Crippen molar-refractivity contribution in [1.29, 1.82) is 0 Å². The van der Waals surface area contributed by atoms with Crippen LogP contribution in [0.1, 0.15) is 10.4 Å². The number of nitrogens with zero attached hydrogens (tertiary/aromatic N) is 1. The molecule has 0 unspecified atom stereocenters. The molecule has 0 aliphatic heterocycles. The van der Waals surface area contributed by atoms with E-state index in [4.69, 9.17) is 16.3 Å². The fourth-order valence-electron chi connectivity index (χ4n) is 0.975. The van der Waals surface area contributed by atoms with E-state index in [2.05, 4.69) is 16.9 Å². The Morgan fingerprint density at radius 3 is 3.07 bits per heavy atom. The molecule has 1 aromatic heterocycles. The molecule has 0 atom stereocenters. The third-order valence-electron chi connectivity index (χ3n) is 1.65. The molecule has 1 aromatic rings. The lowest BCUT2D eigenvalue weighted by molar-refractivity contribution is 0.0957. The van der Waals surface area contributed by atoms with Crippen LogP contribution in [-0.2, 0) is 0 Å². The molecule has 0 aliphatic carbocycles. The minimum atomic E-state index is -0.238. The van der Waals surface area contributed by atoms with E-state index in [1.807, 2.05) is 0 Å². The molecular weight excluding hydrogens is 216 g/mol. The number of carbonyl (C=O) groups excluding carboxylic acids is 1. The van der Waals surface area contributed by atoms with Gasteiger partial charge in [0.1, 0.15) is 5.15 Å². The fourth-order valence-corrected chi connectivity index (χ4v) is 1.18. The van der Waals surface area contributed by atoms with E-state index < -0.39 is 0 Å². The van der Waals surface area contributed by atoms with Crippen molar-refractivity contribution in [2.75, 3.05) is 13.7 Å². The van der Waals surface area contributed by atoms with Gasteiger partial charge in [0, 0.05) is 18.2 Å². The summed E-state index contributed by atoms with van der Waals surface area (Å²) in [7, 11) is 1.46. The molecule has 80 valence electrons. The van der Waals surface area contributed by atoms with Crippen LogP contribution in [0.4, 0.5) is 0 Å². The molecule has 0 aromatic carbocycles. The summed E-state index contributed by atoms with van der Waals surface area (Å²) < 4.78 is 4.89. The molecule has 1 rings (SSSR count). The Morgan fingerprint density at radius 1 is 1.73 bits per heavy atom. The highest BCUT2D eigenvalue weighted by atomic mass is 35.5. The van der Waals surface area contributed by atoms with Crippen LogP contribution in [0.25, 0.3) is 0 Å². The molecule has 1 heterocycles. The number of nitrogens with one attached hydrogen (secondary N) is 1. The van der Waals surface area contributed by atoms with E-state index in [9.17, 15) is 4.79 Å². The van der Waals surface area contributed by atoms with Crippen LogP contribution in [0.2, 0.25) is 5.15 Å². The lowest BCUT2D eigenvalue weighted by atomic mass is 10.2. The van der Waals surface area contributed by atoms with Crippen LogP contribution >= 0.6 is 11.6 Å². The van der Waals surface area contributed by atoms with Crippen LogP contribution in [0, 0.1) is 0 Å². The number of ether oxygens (including phenoxy) is 1. The first-order valence-electron chi connectivity index (χ1n) is 4.28. The van der Waals surface area contributed by atoms with E-state index in [1.165, 1.54) is 19.2 Å². The second kappa shape index (κ2) is 5.36. The summed E-state index contributed by atoms with van der Waals surface area (Å²) in [6, 6.07) is 2.99. The van der Waals surface area contributed by atoms with Gasteiger partial charge in [-0.2, -0.15) is 0 Å². The molecule has 4 nitrogen and oxygen atoms in total. The molecule has 1 amide bonds. The van der Waals surface area contributed by atoms with Crippen LogP contribution in [0.5, 0.6) is 5.88 Å². The first-order chi connectivity index (χ1) is 7.17. The summed E-state index contributed by atoms with van der Waals surface area (Å²) in [5.74, 6) is 0.0729. The quantitative estimate of drug-likeness (QED) is 0.628. The molecule has 1 N–H and O–H groups in total. The number of halogens is 1. The summed E-state index contributed by atoms with van der Waals surface area (Å²) in [5, 5.41) is 2.85. The third kappa shape index (κ3) is 3.25. The molecule has 0 saturated heterocycles. The summed E-state index contributed by atoms with van der Waals surface area (Å²) in [5.41, 5.74) is 0.411. The minimum absolute atomic E-state index is 0.220. The largest absolute Gasteiger partial charge is 0.481 e. The summed E-state index contributed by atoms with van der Waals surface area (Å²) in [6.07, 6.45) is 1.60. The predicted octanol–water partition coefficient (Wildman–Crippen LogP) is 1.66. The van der Waals surface area contributed by atoms with Crippen molar-refractivity contribution in [3.05, 3.63) is 35.5 Å². The number of hydrogen-bond donors (Lipinski definition) is 1. The van der Waals surface area contributed by atoms with Gasteiger partial charge in [-0.25, -0.2) is 4.98 Å². The van der Waals surface area contributed by atoms with Gasteiger partial charge in [0.2, 0.25) is 5.88 Å². The van der Waals surface area contributed by atoms with Gasteiger partial charge in [0.15, 0.2) is 0 Å². The lowest BCUT2D eigenvalue weighted by Gasteiger charge is -2.04. The summed E-state index contributed by atoms with van der Waals surface area (Å²) >= 11 is 5.72. The van der Waals surface area contributed by atoms with Crippen molar-refractivity contribution in [3.8, 4) is 5.88 Å². The lowest BCUT2D eigenvalue weighted by Crippen LogP contribution is -2.23. The maximum Gasteiger partial charge on any atom is 0.251 e. The Labute approximate surface area is 92.9 Å². The molecule has 5 heteroatoms. The van der Waals surface area contributed by atoms with Crippen molar-refractivity contribution in [2.24, 2.45) is 0 Å². The Kier molecular flexibility index (Phi) is 4.12. The summed E-state index contributed by atoms with van der Waals surface area (Å²) in [4.78, 5) is 15.4. The average Bonchev–Trinajstić information content (AvgIpc) is 2.24. The monoisotopic (exact) mass is 226 g/mol. The van der Waals surface area contributed by atoms with E-state index >= 15 is 0 Å². The van der Waals surface area contributed by atoms with Crippen LogP contribution < -0.4 is 10.1 Å². The zero-order valence-corrected chi connectivity index (χ0v) is 9.04. The van der Waals surface area contributed by atoms with Gasteiger partial charge < -0.3 is 10.1 Å². The summed E-state index contributed by atoms with van der Waals surface area (Å²) in [6.45, 7) is 3.90. The Balaban J connectivity index is 2.88. The van der Waals surface area contributed by atoms with E-state index in [0.29, 0.717) is 18.0 Å². The molecule has 0 aliphatic rings. The number of rotatable bonds is 4. The van der Waals surface area contributed by atoms with Gasteiger partial charge >= 0.3 is 0 Å². The van der Waals surface area contributed by atoms with Crippen molar-refractivity contribution in [3.63, 3.8) is 0 Å². The number of amides is 1. The number of methoxy groups -OCH3 is 1. The zero-order valence-electron chi connectivity index (χ0n) is 8.29. The molecule has 15 heavy (non-hydrogen) atoms. The average molecular weight is 227 g/mol. The van der Waals surface area contributed by atoms with Crippen molar-refractivity contribution in [2.45, 2.75) is 0 Å². The van der Waals surface area contributed by atoms with Crippen molar-refractivity contribution >= 4 is 17.5 Å². The maximum absolute atomic E-state index is 11.5. The number of aromatic nitrogens is 1.